The van der Waals surface area contributed by atoms with E-state index in [4.69, 9.17) is 5.84 Å². The molecule has 0 aromatic carbocycles. The van der Waals surface area contributed by atoms with Gasteiger partial charge in [-0.2, -0.15) is 5.10 Å². The van der Waals surface area contributed by atoms with Gasteiger partial charge in [0, 0.05) is 37.1 Å². The highest BCUT2D eigenvalue weighted by atomic mass is 15.3. The van der Waals surface area contributed by atoms with E-state index >= 15 is 0 Å². The number of rotatable bonds is 7. The zero-order chi connectivity index (χ0) is 14.4. The summed E-state index contributed by atoms with van der Waals surface area (Å²) in [5, 5.41) is 4.56. The SMILES string of the molecule is CC(C)n1ccc(CC(CCc2ccncc2)NN)n1. The molecule has 2 aromatic heterocycles. The van der Waals surface area contributed by atoms with Crippen LogP contribution in [0.15, 0.2) is 36.8 Å². The first-order valence-electron chi connectivity index (χ1n) is 7.08. The second-order valence-electron chi connectivity index (χ2n) is 5.34. The van der Waals surface area contributed by atoms with Crippen LogP contribution in [-0.4, -0.2) is 20.8 Å². The predicted molar refractivity (Wildman–Crippen MR) is 80.0 cm³/mol. The second kappa shape index (κ2) is 7.17. The van der Waals surface area contributed by atoms with Gasteiger partial charge in [0.15, 0.2) is 0 Å². The van der Waals surface area contributed by atoms with Crippen LogP contribution in [0.2, 0.25) is 0 Å². The Kier molecular flexibility index (Phi) is 5.26. The Hall–Kier alpha value is -1.72. The lowest BCUT2D eigenvalue weighted by Crippen LogP contribution is -2.37. The Labute approximate surface area is 120 Å². The van der Waals surface area contributed by atoms with Crippen molar-refractivity contribution in [2.24, 2.45) is 5.84 Å². The molecule has 0 amide bonds. The first-order chi connectivity index (χ1) is 9.69. The number of nitrogens with two attached hydrogens (primary N) is 1. The molecule has 2 heterocycles. The molecule has 0 spiro atoms. The van der Waals surface area contributed by atoms with Crippen LogP contribution in [0, 0.1) is 0 Å². The van der Waals surface area contributed by atoms with E-state index in [2.05, 4.69) is 35.4 Å². The van der Waals surface area contributed by atoms with E-state index in [0.29, 0.717) is 6.04 Å². The van der Waals surface area contributed by atoms with E-state index in [1.54, 1.807) is 0 Å². The van der Waals surface area contributed by atoms with Crippen LogP contribution in [0.25, 0.3) is 0 Å². The summed E-state index contributed by atoms with van der Waals surface area (Å²) in [6, 6.07) is 6.78. The van der Waals surface area contributed by atoms with Crippen LogP contribution < -0.4 is 11.3 Å². The van der Waals surface area contributed by atoms with Crippen LogP contribution in [0.3, 0.4) is 0 Å². The average molecular weight is 273 g/mol. The Morgan fingerprint density at radius 2 is 2.00 bits per heavy atom. The molecule has 0 aliphatic heterocycles. The van der Waals surface area contributed by atoms with Gasteiger partial charge in [0.05, 0.1) is 5.69 Å². The summed E-state index contributed by atoms with van der Waals surface area (Å²) in [6.07, 6.45) is 8.49. The lowest BCUT2D eigenvalue weighted by atomic mass is 10.0. The van der Waals surface area contributed by atoms with E-state index in [9.17, 15) is 0 Å². The van der Waals surface area contributed by atoms with Crippen molar-refractivity contribution in [3.05, 3.63) is 48.0 Å². The molecule has 20 heavy (non-hydrogen) atoms. The standard InChI is InChI=1S/C15H23N5/c1-12(2)20-10-7-15(19-20)11-14(18-16)4-3-13-5-8-17-9-6-13/h5-10,12,14,18H,3-4,11,16H2,1-2H3. The molecule has 1 unspecified atom stereocenters. The first kappa shape index (κ1) is 14.7. The molecular formula is C15H23N5. The molecule has 0 bridgehead atoms. The number of hydrogen-bond donors (Lipinski definition) is 2. The summed E-state index contributed by atoms with van der Waals surface area (Å²) in [6.45, 7) is 4.25. The third-order valence-electron chi connectivity index (χ3n) is 3.41. The van der Waals surface area contributed by atoms with E-state index in [0.717, 1.165) is 25.0 Å². The molecule has 3 N–H and O–H groups in total. The first-order valence-corrected chi connectivity index (χ1v) is 7.08. The summed E-state index contributed by atoms with van der Waals surface area (Å²) in [5.74, 6) is 5.65. The van der Waals surface area contributed by atoms with Crippen molar-refractivity contribution < 1.29 is 0 Å². The van der Waals surface area contributed by atoms with Gasteiger partial charge < -0.3 is 0 Å². The molecule has 0 fully saturated rings. The Morgan fingerprint density at radius 3 is 2.60 bits per heavy atom. The molecule has 2 rings (SSSR count). The van der Waals surface area contributed by atoms with Gasteiger partial charge in [-0.1, -0.05) is 0 Å². The number of pyridine rings is 1. The van der Waals surface area contributed by atoms with E-state index < -0.39 is 0 Å². The van der Waals surface area contributed by atoms with Crippen LogP contribution >= 0.6 is 0 Å². The highest BCUT2D eigenvalue weighted by Crippen LogP contribution is 2.10. The zero-order valence-electron chi connectivity index (χ0n) is 12.2. The van der Waals surface area contributed by atoms with Crippen molar-refractivity contribution in [3.63, 3.8) is 0 Å². The van der Waals surface area contributed by atoms with Crippen molar-refractivity contribution in [2.75, 3.05) is 0 Å². The van der Waals surface area contributed by atoms with Gasteiger partial charge in [-0.3, -0.25) is 20.9 Å². The molecule has 0 saturated carbocycles. The molecule has 108 valence electrons. The molecule has 0 saturated heterocycles. The smallest absolute Gasteiger partial charge is 0.0640 e. The van der Waals surface area contributed by atoms with Gasteiger partial charge in [-0.25, -0.2) is 0 Å². The summed E-state index contributed by atoms with van der Waals surface area (Å²) in [5.41, 5.74) is 5.26. The largest absolute Gasteiger partial charge is 0.271 e. The molecule has 5 heteroatoms. The van der Waals surface area contributed by atoms with Gasteiger partial charge in [-0.05, 0) is 50.5 Å². The van der Waals surface area contributed by atoms with Crippen molar-refractivity contribution in [3.8, 4) is 0 Å². The summed E-state index contributed by atoms with van der Waals surface area (Å²) in [4.78, 5) is 4.03. The number of aromatic nitrogens is 3. The zero-order valence-corrected chi connectivity index (χ0v) is 12.2. The second-order valence-corrected chi connectivity index (χ2v) is 5.34. The van der Waals surface area contributed by atoms with Crippen molar-refractivity contribution in [1.82, 2.24) is 20.2 Å². The van der Waals surface area contributed by atoms with Crippen molar-refractivity contribution in [1.29, 1.82) is 0 Å². The van der Waals surface area contributed by atoms with Crippen LogP contribution in [0.4, 0.5) is 0 Å². The fraction of sp³-hybridized carbons (Fsp3) is 0.467. The number of nitrogens with zero attached hydrogens (tertiary/aromatic N) is 3. The number of hydrogen-bond acceptors (Lipinski definition) is 4. The normalized spacial score (nSPS) is 12.8. The molecule has 0 aliphatic carbocycles. The number of aryl methyl sites for hydroxylation is 1. The van der Waals surface area contributed by atoms with Crippen molar-refractivity contribution >= 4 is 0 Å². The lowest BCUT2D eigenvalue weighted by molar-refractivity contribution is 0.475. The highest BCUT2D eigenvalue weighted by molar-refractivity contribution is 5.10. The molecule has 2 aromatic rings. The quantitative estimate of drug-likeness (QED) is 0.597. The Balaban J connectivity index is 1.88. The minimum Gasteiger partial charge on any atom is -0.271 e. The maximum Gasteiger partial charge on any atom is 0.0640 e. The van der Waals surface area contributed by atoms with Crippen molar-refractivity contribution in [2.45, 2.75) is 45.2 Å². The Bertz CT molecular complexity index is 506. The minimum atomic E-state index is 0.235. The molecule has 0 radical (unpaired) electrons. The fourth-order valence-electron chi connectivity index (χ4n) is 2.16. The third kappa shape index (κ3) is 4.15. The van der Waals surface area contributed by atoms with E-state index in [1.165, 1.54) is 5.56 Å². The monoisotopic (exact) mass is 273 g/mol. The maximum atomic E-state index is 5.65. The summed E-state index contributed by atoms with van der Waals surface area (Å²) in [7, 11) is 0. The van der Waals surface area contributed by atoms with Gasteiger partial charge in [0.2, 0.25) is 0 Å². The third-order valence-corrected chi connectivity index (χ3v) is 3.41. The molecule has 1 atom stereocenters. The van der Waals surface area contributed by atoms with E-state index in [1.807, 2.05) is 35.4 Å². The molecule has 5 nitrogen and oxygen atoms in total. The van der Waals surface area contributed by atoms with Crippen LogP contribution in [0.1, 0.15) is 37.6 Å². The topological polar surface area (TPSA) is 68.8 Å². The summed E-state index contributed by atoms with van der Waals surface area (Å²) < 4.78 is 1.98. The maximum absolute atomic E-state index is 5.65. The number of hydrazine groups is 1. The minimum absolute atomic E-state index is 0.235. The average Bonchev–Trinajstić information content (AvgIpc) is 2.93. The van der Waals surface area contributed by atoms with Gasteiger partial charge in [0.25, 0.3) is 0 Å². The van der Waals surface area contributed by atoms with Crippen LogP contribution in [0.5, 0.6) is 0 Å². The molecule has 0 aliphatic rings. The predicted octanol–water partition coefficient (Wildman–Crippen LogP) is 1.87. The summed E-state index contributed by atoms with van der Waals surface area (Å²) >= 11 is 0. The lowest BCUT2D eigenvalue weighted by Gasteiger charge is -2.14. The number of nitrogens with one attached hydrogen (secondary N) is 1. The molecular weight excluding hydrogens is 250 g/mol. The fourth-order valence-corrected chi connectivity index (χ4v) is 2.16. The van der Waals surface area contributed by atoms with Crippen LogP contribution in [-0.2, 0) is 12.8 Å². The highest BCUT2D eigenvalue weighted by Gasteiger charge is 2.11. The van der Waals surface area contributed by atoms with Gasteiger partial charge >= 0.3 is 0 Å². The van der Waals surface area contributed by atoms with E-state index in [-0.39, 0.29) is 6.04 Å². The van der Waals surface area contributed by atoms with Gasteiger partial charge in [0.1, 0.15) is 0 Å². The Morgan fingerprint density at radius 1 is 1.25 bits per heavy atom. The van der Waals surface area contributed by atoms with Gasteiger partial charge in [-0.15, -0.1) is 0 Å².